The van der Waals surface area contributed by atoms with Crippen LogP contribution in [0.15, 0.2) is 23.6 Å². The smallest absolute Gasteiger partial charge is 0.135 e. The lowest BCUT2D eigenvalue weighted by atomic mass is 9.99. The van der Waals surface area contributed by atoms with Gasteiger partial charge in [-0.2, -0.15) is 0 Å². The summed E-state index contributed by atoms with van der Waals surface area (Å²) in [7, 11) is 0. The minimum Gasteiger partial charge on any atom is -0.383 e. The van der Waals surface area contributed by atoms with E-state index in [0.717, 1.165) is 4.88 Å². The van der Waals surface area contributed by atoms with Crippen LogP contribution >= 0.6 is 11.3 Å². The van der Waals surface area contributed by atoms with Crippen LogP contribution in [0.2, 0.25) is 0 Å². The Hall–Kier alpha value is -1.26. The number of halogens is 2. The van der Waals surface area contributed by atoms with Crippen LogP contribution in [-0.2, 0) is 0 Å². The van der Waals surface area contributed by atoms with Crippen molar-refractivity contribution in [1.29, 1.82) is 0 Å². The van der Waals surface area contributed by atoms with E-state index in [1.54, 1.807) is 18.4 Å². The van der Waals surface area contributed by atoms with E-state index in [4.69, 9.17) is 0 Å². The van der Waals surface area contributed by atoms with Crippen molar-refractivity contribution in [2.45, 2.75) is 20.0 Å². The van der Waals surface area contributed by atoms with Crippen molar-refractivity contribution < 1.29 is 13.9 Å². The maximum absolute atomic E-state index is 13.8. The number of aliphatic hydroxyl groups is 1. The topological polar surface area (TPSA) is 20.2 Å². The molecule has 2 aromatic rings. The van der Waals surface area contributed by atoms with Gasteiger partial charge in [0.15, 0.2) is 0 Å². The molecule has 17 heavy (non-hydrogen) atoms. The number of aryl methyl sites for hydroxylation is 2. The van der Waals surface area contributed by atoms with Crippen LogP contribution in [0.5, 0.6) is 0 Å². The molecule has 0 aliphatic carbocycles. The molecular weight excluding hydrogens is 242 g/mol. The molecule has 0 amide bonds. The fraction of sp³-hybridized carbons (Fsp3) is 0.231. The first-order valence-corrected chi connectivity index (χ1v) is 6.07. The average Bonchev–Trinajstić information content (AvgIpc) is 2.70. The normalized spacial score (nSPS) is 12.8. The maximum atomic E-state index is 13.8. The monoisotopic (exact) mass is 254 g/mol. The highest BCUT2D eigenvalue weighted by Crippen LogP contribution is 2.31. The van der Waals surface area contributed by atoms with Gasteiger partial charge in [0.05, 0.1) is 5.56 Å². The Morgan fingerprint density at radius 2 is 1.88 bits per heavy atom. The number of thiophene rings is 1. The van der Waals surface area contributed by atoms with Gasteiger partial charge in [0, 0.05) is 4.88 Å². The molecule has 90 valence electrons. The van der Waals surface area contributed by atoms with Gasteiger partial charge in [-0.05, 0) is 42.5 Å². The molecule has 0 saturated heterocycles. The van der Waals surface area contributed by atoms with E-state index >= 15 is 0 Å². The highest BCUT2D eigenvalue weighted by molar-refractivity contribution is 7.10. The third-order valence-corrected chi connectivity index (χ3v) is 3.65. The van der Waals surface area contributed by atoms with Crippen LogP contribution in [0.4, 0.5) is 8.78 Å². The van der Waals surface area contributed by atoms with E-state index in [-0.39, 0.29) is 5.56 Å². The van der Waals surface area contributed by atoms with Gasteiger partial charge in [0.1, 0.15) is 17.7 Å². The summed E-state index contributed by atoms with van der Waals surface area (Å²) in [4.78, 5) is 0.859. The molecule has 1 aromatic heterocycles. The Kier molecular flexibility index (Phi) is 3.26. The molecule has 1 nitrogen and oxygen atoms in total. The fourth-order valence-electron chi connectivity index (χ4n) is 1.76. The molecule has 0 fully saturated rings. The Labute approximate surface area is 102 Å². The van der Waals surface area contributed by atoms with Crippen LogP contribution < -0.4 is 0 Å². The summed E-state index contributed by atoms with van der Waals surface area (Å²) >= 11 is 1.44. The molecule has 4 heteroatoms. The molecule has 0 bridgehead atoms. The number of hydrogen-bond donors (Lipinski definition) is 1. The predicted octanol–water partition coefficient (Wildman–Crippen LogP) is 3.72. The molecule has 0 aliphatic heterocycles. The molecule has 2 rings (SSSR count). The minimum absolute atomic E-state index is 0.272. The molecule has 0 spiro atoms. The van der Waals surface area contributed by atoms with Crippen molar-refractivity contribution in [2.75, 3.05) is 0 Å². The third-order valence-electron chi connectivity index (χ3n) is 2.79. The zero-order valence-corrected chi connectivity index (χ0v) is 10.3. The zero-order valence-electron chi connectivity index (χ0n) is 9.50. The fourth-order valence-corrected chi connectivity index (χ4v) is 2.50. The minimum atomic E-state index is -1.25. The second-order valence-electron chi connectivity index (χ2n) is 3.93. The maximum Gasteiger partial charge on any atom is 0.135 e. The lowest BCUT2D eigenvalue weighted by Gasteiger charge is -2.14. The number of rotatable bonds is 2. The van der Waals surface area contributed by atoms with Crippen molar-refractivity contribution in [3.05, 3.63) is 56.8 Å². The highest BCUT2D eigenvalue weighted by atomic mass is 32.1. The van der Waals surface area contributed by atoms with E-state index in [9.17, 15) is 13.9 Å². The Bertz CT molecular complexity index is 548. The zero-order chi connectivity index (χ0) is 12.6. The second kappa shape index (κ2) is 4.55. The van der Waals surface area contributed by atoms with E-state index in [0.29, 0.717) is 11.1 Å². The Morgan fingerprint density at radius 1 is 1.18 bits per heavy atom. The SMILES string of the molecule is Cc1ccc(F)c(C(O)c2ccsc2C)c1F. The standard InChI is InChI=1S/C13H12F2OS/c1-7-3-4-10(14)11(12(7)15)13(16)9-5-6-17-8(9)2/h3-6,13,16H,1-2H3. The van der Waals surface area contributed by atoms with Crippen LogP contribution in [0.25, 0.3) is 0 Å². The van der Waals surface area contributed by atoms with Crippen LogP contribution in [0, 0.1) is 25.5 Å². The summed E-state index contributed by atoms with van der Waals surface area (Å²) in [6.45, 7) is 3.36. The summed E-state index contributed by atoms with van der Waals surface area (Å²) in [5, 5.41) is 11.9. The van der Waals surface area contributed by atoms with Gasteiger partial charge in [0.25, 0.3) is 0 Å². The second-order valence-corrected chi connectivity index (χ2v) is 5.05. The molecule has 1 atom stereocenters. The average molecular weight is 254 g/mol. The number of benzene rings is 1. The van der Waals surface area contributed by atoms with E-state index in [1.807, 2.05) is 6.92 Å². The summed E-state index contributed by atoms with van der Waals surface area (Å²) in [5.41, 5.74) is 0.609. The van der Waals surface area contributed by atoms with Gasteiger partial charge in [-0.15, -0.1) is 11.3 Å². The molecule has 0 aliphatic rings. The molecule has 0 radical (unpaired) electrons. The summed E-state index contributed by atoms with van der Waals surface area (Å²) in [6.07, 6.45) is -1.25. The van der Waals surface area contributed by atoms with E-state index in [2.05, 4.69) is 0 Å². The van der Waals surface area contributed by atoms with Crippen molar-refractivity contribution in [1.82, 2.24) is 0 Å². The van der Waals surface area contributed by atoms with Crippen LogP contribution in [0.3, 0.4) is 0 Å². The van der Waals surface area contributed by atoms with Gasteiger partial charge in [-0.25, -0.2) is 8.78 Å². The molecule has 1 heterocycles. The van der Waals surface area contributed by atoms with Crippen LogP contribution in [-0.4, -0.2) is 5.11 Å². The predicted molar refractivity (Wildman–Crippen MR) is 64.2 cm³/mol. The molecule has 1 aromatic carbocycles. The van der Waals surface area contributed by atoms with Gasteiger partial charge in [-0.3, -0.25) is 0 Å². The van der Waals surface area contributed by atoms with Gasteiger partial charge in [0.2, 0.25) is 0 Å². The van der Waals surface area contributed by atoms with E-state index < -0.39 is 17.7 Å². The van der Waals surface area contributed by atoms with Gasteiger partial charge >= 0.3 is 0 Å². The Morgan fingerprint density at radius 3 is 2.47 bits per heavy atom. The van der Waals surface area contributed by atoms with Crippen molar-refractivity contribution in [3.8, 4) is 0 Å². The first-order valence-electron chi connectivity index (χ1n) is 5.19. The quantitative estimate of drug-likeness (QED) is 0.866. The Balaban J connectivity index is 2.55. The van der Waals surface area contributed by atoms with Crippen LogP contribution in [0.1, 0.15) is 27.7 Å². The first kappa shape index (κ1) is 12.2. The summed E-state index contributed by atoms with van der Waals surface area (Å²) in [5.74, 6) is -1.39. The van der Waals surface area contributed by atoms with Crippen molar-refractivity contribution in [3.63, 3.8) is 0 Å². The van der Waals surface area contributed by atoms with Crippen molar-refractivity contribution >= 4 is 11.3 Å². The first-order chi connectivity index (χ1) is 8.02. The lowest BCUT2D eigenvalue weighted by Crippen LogP contribution is -2.07. The molecule has 1 N–H and O–H groups in total. The number of hydrogen-bond acceptors (Lipinski definition) is 2. The van der Waals surface area contributed by atoms with E-state index in [1.165, 1.54) is 23.5 Å². The van der Waals surface area contributed by atoms with Gasteiger partial charge < -0.3 is 5.11 Å². The van der Waals surface area contributed by atoms with Gasteiger partial charge in [-0.1, -0.05) is 6.07 Å². The number of aliphatic hydroxyl groups excluding tert-OH is 1. The van der Waals surface area contributed by atoms with Crippen molar-refractivity contribution in [2.24, 2.45) is 0 Å². The summed E-state index contributed by atoms with van der Waals surface area (Å²) < 4.78 is 27.4. The highest BCUT2D eigenvalue weighted by Gasteiger charge is 2.22. The molecular formula is C13H12F2OS. The summed E-state index contributed by atoms with van der Waals surface area (Å²) in [6, 6.07) is 4.23. The third kappa shape index (κ3) is 2.10. The molecule has 0 saturated carbocycles. The molecule has 1 unspecified atom stereocenters. The largest absolute Gasteiger partial charge is 0.383 e. The lowest BCUT2D eigenvalue weighted by molar-refractivity contribution is 0.208.